The summed E-state index contributed by atoms with van der Waals surface area (Å²) in [6.07, 6.45) is 8.24. The summed E-state index contributed by atoms with van der Waals surface area (Å²) >= 11 is 0. The van der Waals surface area contributed by atoms with E-state index >= 15 is 0 Å². The van der Waals surface area contributed by atoms with E-state index in [1.54, 1.807) is 0 Å². The van der Waals surface area contributed by atoms with E-state index in [0.29, 0.717) is 0 Å². The van der Waals surface area contributed by atoms with Gasteiger partial charge in [-0.3, -0.25) is 9.98 Å². The molecular weight excluding hydrogens is 585 g/mol. The van der Waals surface area contributed by atoms with Crippen LogP contribution in [0.4, 0.5) is 0 Å². The van der Waals surface area contributed by atoms with E-state index in [1.807, 2.05) is 62.4 Å². The second-order valence-corrected chi connectivity index (χ2v) is 12.0. The first kappa shape index (κ1) is 30.3. The molecule has 0 aliphatic carbocycles. The molecule has 0 bridgehead atoms. The lowest BCUT2D eigenvalue weighted by Gasteiger charge is -2.09. The van der Waals surface area contributed by atoms with Crippen LogP contribution in [-0.4, -0.2) is 21.4 Å². The van der Waals surface area contributed by atoms with Crippen LogP contribution in [0.2, 0.25) is 0 Å². The highest BCUT2D eigenvalue weighted by Gasteiger charge is 2.16. The number of hydrogen-bond acceptors (Lipinski definition) is 2. The maximum Gasteiger partial charge on any atom is 0.0732 e. The molecule has 2 aromatic heterocycles. The molecule has 0 fully saturated rings. The molecule has 0 spiro atoms. The number of nitrogens with one attached hydrogen (secondary N) is 2. The van der Waals surface area contributed by atoms with Crippen LogP contribution in [0.25, 0.3) is 11.1 Å². The van der Waals surface area contributed by atoms with Crippen LogP contribution in [0.15, 0.2) is 143 Å². The second kappa shape index (κ2) is 13.2. The van der Waals surface area contributed by atoms with Crippen molar-refractivity contribution in [2.24, 2.45) is 9.98 Å². The van der Waals surface area contributed by atoms with Crippen LogP contribution in [-0.2, 0) is 0 Å². The topological polar surface area (TPSA) is 56.3 Å². The standard InChI is InChI=1S/C44H34N4/c1-29-14-22-39(45-29)43(40-23-15-30(2)46-40)37-12-6-10-35(27-37)20-18-33-8-5-9-34(26-33)19-21-36-11-7-13-38(28-36)44(41-24-16-31(3)47-41)42-25-17-32(4)48-42/h5-17,22-28,45,47H,1-4H3/b43-40-,44-42+. The Labute approximate surface area is 282 Å². The van der Waals surface area contributed by atoms with Crippen molar-refractivity contribution >= 4 is 22.6 Å². The number of hydrogen-bond donors (Lipinski definition) is 2. The normalized spacial score (nSPS) is 15.3. The maximum atomic E-state index is 4.78. The van der Waals surface area contributed by atoms with Gasteiger partial charge in [0.1, 0.15) is 0 Å². The number of nitrogens with zero attached hydrogens (tertiary/aromatic N) is 2. The monoisotopic (exact) mass is 618 g/mol. The SMILES string of the molecule is CC1=N/C(=C(/c2cccc(C#Cc3cccc(C#Cc4cccc(/C(=C5/C=CC(C)=N5)c5ccc(C)[nH]5)c4)c3)c2)c2ccc(C)[nH]2)C=C1. The molecule has 0 atom stereocenters. The van der Waals surface area contributed by atoms with E-state index in [2.05, 4.69) is 120 Å². The predicted octanol–water partition coefficient (Wildman–Crippen LogP) is 9.34. The molecule has 3 aromatic carbocycles. The average molecular weight is 619 g/mol. The fourth-order valence-electron chi connectivity index (χ4n) is 5.86. The van der Waals surface area contributed by atoms with Gasteiger partial charge in [0.05, 0.1) is 11.4 Å². The van der Waals surface area contributed by atoms with E-state index in [4.69, 9.17) is 9.98 Å². The number of aromatic nitrogens is 2. The summed E-state index contributed by atoms with van der Waals surface area (Å²) in [4.78, 5) is 16.5. The van der Waals surface area contributed by atoms with Gasteiger partial charge in [-0.25, -0.2) is 0 Å². The fraction of sp³-hybridized carbons (Fsp3) is 0.0909. The van der Waals surface area contributed by atoms with Gasteiger partial charge in [0.2, 0.25) is 0 Å². The van der Waals surface area contributed by atoms with Gasteiger partial charge >= 0.3 is 0 Å². The zero-order valence-corrected chi connectivity index (χ0v) is 27.4. The number of aromatic amines is 2. The zero-order chi connectivity index (χ0) is 33.0. The molecule has 2 aliphatic heterocycles. The summed E-state index contributed by atoms with van der Waals surface area (Å²) < 4.78 is 0. The lowest BCUT2D eigenvalue weighted by molar-refractivity contribution is 1.23. The second-order valence-electron chi connectivity index (χ2n) is 12.0. The summed E-state index contributed by atoms with van der Waals surface area (Å²) in [5.74, 6) is 13.4. The summed E-state index contributed by atoms with van der Waals surface area (Å²) in [5, 5.41) is 0. The Morgan fingerprint density at radius 3 is 1.21 bits per heavy atom. The molecule has 48 heavy (non-hydrogen) atoms. The van der Waals surface area contributed by atoms with Crippen molar-refractivity contribution in [2.75, 3.05) is 0 Å². The lowest BCUT2D eigenvalue weighted by atomic mass is 9.98. The Morgan fingerprint density at radius 2 is 0.854 bits per heavy atom. The van der Waals surface area contributed by atoms with E-state index in [9.17, 15) is 0 Å². The van der Waals surface area contributed by atoms with Crippen molar-refractivity contribution in [3.8, 4) is 23.7 Å². The minimum atomic E-state index is 0.911. The molecule has 0 radical (unpaired) electrons. The highest BCUT2D eigenvalue weighted by Crippen LogP contribution is 2.32. The van der Waals surface area contributed by atoms with Gasteiger partial charge in [-0.15, -0.1) is 0 Å². The van der Waals surface area contributed by atoms with Crippen LogP contribution in [0, 0.1) is 37.5 Å². The minimum absolute atomic E-state index is 0.911. The molecule has 230 valence electrons. The summed E-state index contributed by atoms with van der Waals surface area (Å²) in [7, 11) is 0. The first-order chi connectivity index (χ1) is 23.4. The van der Waals surface area contributed by atoms with Crippen molar-refractivity contribution in [2.45, 2.75) is 27.7 Å². The van der Waals surface area contributed by atoms with Gasteiger partial charge < -0.3 is 9.97 Å². The third-order valence-electron chi connectivity index (χ3n) is 8.14. The van der Waals surface area contributed by atoms with E-state index in [0.717, 1.165) is 90.1 Å². The van der Waals surface area contributed by atoms with Crippen molar-refractivity contribution < 1.29 is 0 Å². The van der Waals surface area contributed by atoms with Crippen LogP contribution in [0.3, 0.4) is 0 Å². The molecular formula is C44H34N4. The zero-order valence-electron chi connectivity index (χ0n) is 27.4. The Kier molecular flexibility index (Phi) is 8.31. The van der Waals surface area contributed by atoms with Crippen molar-refractivity contribution in [3.05, 3.63) is 189 Å². The molecule has 0 unspecified atom stereocenters. The quantitative estimate of drug-likeness (QED) is 0.189. The van der Waals surface area contributed by atoms with Crippen LogP contribution < -0.4 is 0 Å². The number of H-pyrrole nitrogens is 2. The fourth-order valence-corrected chi connectivity index (χ4v) is 5.86. The predicted molar refractivity (Wildman–Crippen MR) is 199 cm³/mol. The van der Waals surface area contributed by atoms with Crippen molar-refractivity contribution in [1.82, 2.24) is 9.97 Å². The number of benzene rings is 3. The highest BCUT2D eigenvalue weighted by molar-refractivity contribution is 6.00. The van der Waals surface area contributed by atoms with Gasteiger partial charge in [-0.05, 0) is 130 Å². The maximum absolute atomic E-state index is 4.78. The Hall–Kier alpha value is -6.36. The van der Waals surface area contributed by atoms with Crippen LogP contribution in [0.5, 0.6) is 0 Å². The van der Waals surface area contributed by atoms with Gasteiger partial charge in [0, 0.05) is 67.6 Å². The van der Waals surface area contributed by atoms with E-state index < -0.39 is 0 Å². The average Bonchev–Trinajstić information content (AvgIpc) is 3.91. The number of aryl methyl sites for hydroxylation is 2. The Morgan fingerprint density at radius 1 is 0.458 bits per heavy atom. The third-order valence-corrected chi connectivity index (χ3v) is 8.14. The summed E-state index contributed by atoms with van der Waals surface area (Å²) in [6.45, 7) is 8.16. The lowest BCUT2D eigenvalue weighted by Crippen LogP contribution is -1.93. The van der Waals surface area contributed by atoms with Crippen molar-refractivity contribution in [3.63, 3.8) is 0 Å². The Balaban J connectivity index is 1.16. The van der Waals surface area contributed by atoms with Gasteiger partial charge in [-0.2, -0.15) is 0 Å². The summed E-state index contributed by atoms with van der Waals surface area (Å²) in [5.41, 5.74) is 16.1. The highest BCUT2D eigenvalue weighted by atomic mass is 14.8. The van der Waals surface area contributed by atoms with Crippen LogP contribution in [0.1, 0.15) is 70.0 Å². The molecule has 5 aromatic rings. The molecule has 0 amide bonds. The molecule has 0 saturated heterocycles. The molecule has 2 aliphatic rings. The van der Waals surface area contributed by atoms with Crippen molar-refractivity contribution in [1.29, 1.82) is 0 Å². The number of aliphatic imine (C=N–C) groups is 2. The first-order valence-electron chi connectivity index (χ1n) is 16.0. The molecule has 7 rings (SSSR count). The first-order valence-corrected chi connectivity index (χ1v) is 16.0. The smallest absolute Gasteiger partial charge is 0.0732 e. The molecule has 0 saturated carbocycles. The minimum Gasteiger partial charge on any atom is -0.359 e. The van der Waals surface area contributed by atoms with Gasteiger partial charge in [0.25, 0.3) is 0 Å². The molecule has 4 heteroatoms. The molecule has 4 nitrogen and oxygen atoms in total. The molecule has 4 heterocycles. The Bertz CT molecular complexity index is 2220. The number of allylic oxidation sites excluding steroid dienone is 4. The van der Waals surface area contributed by atoms with Gasteiger partial charge in [-0.1, -0.05) is 54.0 Å². The van der Waals surface area contributed by atoms with Crippen LogP contribution >= 0.6 is 0 Å². The summed E-state index contributed by atoms with van der Waals surface area (Å²) in [6, 6.07) is 33.2. The number of rotatable bonds is 4. The van der Waals surface area contributed by atoms with E-state index in [-0.39, 0.29) is 0 Å². The van der Waals surface area contributed by atoms with E-state index in [1.165, 1.54) is 0 Å². The largest absolute Gasteiger partial charge is 0.359 e. The van der Waals surface area contributed by atoms with Gasteiger partial charge in [0.15, 0.2) is 0 Å². The molecule has 2 N–H and O–H groups in total. The third kappa shape index (κ3) is 6.75.